The number of hydrogen-bond acceptors (Lipinski definition) is 1. The molecule has 0 amide bonds. The molecule has 108 valence electrons. The highest BCUT2D eigenvalue weighted by Gasteiger charge is 2.11. The minimum atomic E-state index is 0.582. The van der Waals surface area contributed by atoms with Gasteiger partial charge in [-0.3, -0.25) is 0 Å². The van der Waals surface area contributed by atoms with Crippen molar-refractivity contribution < 1.29 is 0 Å². The molecular weight excluding hydrogens is 348 g/mol. The molecule has 0 fully saturated rings. The normalized spacial score (nSPS) is 11.2. The molecule has 2 aromatic carbocycles. The summed E-state index contributed by atoms with van der Waals surface area (Å²) in [6, 6.07) is 14.7. The van der Waals surface area contributed by atoms with Gasteiger partial charge < -0.3 is 4.57 Å². The Hall–Kier alpha value is -1.32. The summed E-state index contributed by atoms with van der Waals surface area (Å²) in [6.07, 6.45) is 0.778. The molecule has 0 aliphatic heterocycles. The molecule has 2 nitrogen and oxygen atoms in total. The van der Waals surface area contributed by atoms with E-state index in [9.17, 15) is 0 Å². The monoisotopic (exact) mass is 362 g/mol. The third-order valence-corrected chi connectivity index (χ3v) is 4.38. The average Bonchev–Trinajstić information content (AvgIpc) is 2.79. The third-order valence-electron chi connectivity index (χ3n) is 3.70. The molecule has 4 heteroatoms. The van der Waals surface area contributed by atoms with E-state index in [1.165, 1.54) is 11.1 Å². The number of halogens is 2. The first-order valence-corrected chi connectivity index (χ1v) is 8.27. The molecule has 3 rings (SSSR count). The predicted octanol–water partition coefficient (Wildman–Crippen LogP) is 4.94. The molecule has 3 aromatic rings. The van der Waals surface area contributed by atoms with Gasteiger partial charge in [-0.2, -0.15) is 0 Å². The molecule has 0 saturated carbocycles. The van der Waals surface area contributed by atoms with Gasteiger partial charge in [-0.1, -0.05) is 40.2 Å². The summed E-state index contributed by atoms with van der Waals surface area (Å²) in [6.45, 7) is 2.98. The van der Waals surface area contributed by atoms with Crippen LogP contribution in [0.25, 0.3) is 11.0 Å². The number of hydrogen-bond donors (Lipinski definition) is 0. The fourth-order valence-corrected chi connectivity index (χ4v) is 3.08. The second-order valence-corrected chi connectivity index (χ2v) is 6.41. The number of imidazole rings is 1. The van der Waals surface area contributed by atoms with Gasteiger partial charge in [0, 0.05) is 23.3 Å². The SMILES string of the molecule is Cc1ccccc1Cn1c(CCCl)nc2cc(Br)ccc21. The predicted molar refractivity (Wildman–Crippen MR) is 92.1 cm³/mol. The second kappa shape index (κ2) is 6.20. The lowest BCUT2D eigenvalue weighted by molar-refractivity contribution is 0.751. The van der Waals surface area contributed by atoms with Crippen LogP contribution >= 0.6 is 27.5 Å². The highest BCUT2D eigenvalue weighted by molar-refractivity contribution is 9.10. The zero-order chi connectivity index (χ0) is 14.8. The standard InChI is InChI=1S/C17H16BrClN2/c1-12-4-2-3-5-13(12)11-21-16-7-6-14(18)10-15(16)20-17(21)8-9-19/h2-7,10H,8-9,11H2,1H3. The second-order valence-electron chi connectivity index (χ2n) is 5.11. The van der Waals surface area contributed by atoms with Crippen LogP contribution in [0.3, 0.4) is 0 Å². The van der Waals surface area contributed by atoms with Crippen LogP contribution in [0.5, 0.6) is 0 Å². The van der Waals surface area contributed by atoms with Gasteiger partial charge in [0.1, 0.15) is 5.82 Å². The summed E-state index contributed by atoms with van der Waals surface area (Å²) in [5.74, 6) is 1.62. The van der Waals surface area contributed by atoms with Crippen LogP contribution in [0, 0.1) is 6.92 Å². The van der Waals surface area contributed by atoms with Gasteiger partial charge in [0.15, 0.2) is 0 Å². The molecule has 0 saturated heterocycles. The van der Waals surface area contributed by atoms with Crippen molar-refractivity contribution in [1.82, 2.24) is 9.55 Å². The van der Waals surface area contributed by atoms with Gasteiger partial charge in [0.25, 0.3) is 0 Å². The molecule has 0 aliphatic rings. The molecule has 0 bridgehead atoms. The molecule has 0 aliphatic carbocycles. The van der Waals surface area contributed by atoms with Crippen molar-refractivity contribution in [1.29, 1.82) is 0 Å². The van der Waals surface area contributed by atoms with Crippen LogP contribution in [0.4, 0.5) is 0 Å². The van der Waals surface area contributed by atoms with Gasteiger partial charge in [-0.15, -0.1) is 11.6 Å². The Morgan fingerprint density at radius 2 is 2.00 bits per heavy atom. The van der Waals surface area contributed by atoms with Gasteiger partial charge in [0.05, 0.1) is 11.0 Å². The van der Waals surface area contributed by atoms with E-state index in [0.717, 1.165) is 34.3 Å². The summed E-state index contributed by atoms with van der Waals surface area (Å²) in [5, 5.41) is 0. The average molecular weight is 364 g/mol. The maximum absolute atomic E-state index is 5.94. The van der Waals surface area contributed by atoms with E-state index in [1.54, 1.807) is 0 Å². The molecule has 1 aromatic heterocycles. The topological polar surface area (TPSA) is 17.8 Å². The summed E-state index contributed by atoms with van der Waals surface area (Å²) >= 11 is 9.45. The highest BCUT2D eigenvalue weighted by Crippen LogP contribution is 2.23. The van der Waals surface area contributed by atoms with E-state index < -0.39 is 0 Å². The molecule has 1 heterocycles. The van der Waals surface area contributed by atoms with E-state index in [1.807, 2.05) is 0 Å². The van der Waals surface area contributed by atoms with Crippen LogP contribution in [0.15, 0.2) is 46.9 Å². The molecular formula is C17H16BrClN2. The van der Waals surface area contributed by atoms with E-state index in [2.05, 4.69) is 69.9 Å². The van der Waals surface area contributed by atoms with Crippen molar-refractivity contribution in [2.45, 2.75) is 19.9 Å². The largest absolute Gasteiger partial charge is 0.323 e. The van der Waals surface area contributed by atoms with Crippen molar-refractivity contribution in [2.24, 2.45) is 0 Å². The Bertz CT molecular complexity index is 780. The van der Waals surface area contributed by atoms with Crippen LogP contribution in [0.1, 0.15) is 17.0 Å². The first-order chi connectivity index (χ1) is 10.2. The van der Waals surface area contributed by atoms with Crippen LogP contribution in [-0.2, 0) is 13.0 Å². The minimum Gasteiger partial charge on any atom is -0.323 e. The lowest BCUT2D eigenvalue weighted by Crippen LogP contribution is -2.07. The van der Waals surface area contributed by atoms with E-state index in [4.69, 9.17) is 16.6 Å². The Kier molecular flexibility index (Phi) is 4.32. The molecule has 0 unspecified atom stereocenters. The zero-order valence-corrected chi connectivity index (χ0v) is 14.2. The van der Waals surface area contributed by atoms with E-state index in [-0.39, 0.29) is 0 Å². The lowest BCUT2D eigenvalue weighted by Gasteiger charge is -2.11. The van der Waals surface area contributed by atoms with E-state index >= 15 is 0 Å². The van der Waals surface area contributed by atoms with Crippen molar-refractivity contribution in [3.63, 3.8) is 0 Å². The summed E-state index contributed by atoms with van der Waals surface area (Å²) in [5.41, 5.74) is 4.78. The van der Waals surface area contributed by atoms with Crippen molar-refractivity contribution in [2.75, 3.05) is 5.88 Å². The molecule has 0 radical (unpaired) electrons. The Morgan fingerprint density at radius 1 is 1.19 bits per heavy atom. The number of aryl methyl sites for hydroxylation is 2. The number of aromatic nitrogens is 2. The first kappa shape index (κ1) is 14.6. The number of rotatable bonds is 4. The van der Waals surface area contributed by atoms with Crippen LogP contribution in [-0.4, -0.2) is 15.4 Å². The number of alkyl halides is 1. The maximum atomic E-state index is 5.94. The first-order valence-electron chi connectivity index (χ1n) is 6.94. The van der Waals surface area contributed by atoms with E-state index in [0.29, 0.717) is 5.88 Å². The fourth-order valence-electron chi connectivity index (χ4n) is 2.56. The zero-order valence-electron chi connectivity index (χ0n) is 11.8. The van der Waals surface area contributed by atoms with Gasteiger partial charge in [-0.25, -0.2) is 4.98 Å². The van der Waals surface area contributed by atoms with Crippen molar-refractivity contribution in [3.8, 4) is 0 Å². The molecule has 0 N–H and O–H groups in total. The number of benzene rings is 2. The molecule has 0 atom stereocenters. The minimum absolute atomic E-state index is 0.582. The maximum Gasteiger partial charge on any atom is 0.111 e. The quantitative estimate of drug-likeness (QED) is 0.601. The Balaban J connectivity index is 2.11. The molecule has 0 spiro atoms. The smallest absolute Gasteiger partial charge is 0.111 e. The fraction of sp³-hybridized carbons (Fsp3) is 0.235. The Morgan fingerprint density at radius 3 is 2.76 bits per heavy atom. The third kappa shape index (κ3) is 2.99. The van der Waals surface area contributed by atoms with Crippen LogP contribution in [0.2, 0.25) is 0 Å². The number of fused-ring (bicyclic) bond motifs is 1. The summed E-state index contributed by atoms with van der Waals surface area (Å²) in [7, 11) is 0. The summed E-state index contributed by atoms with van der Waals surface area (Å²) in [4.78, 5) is 4.74. The molecule has 21 heavy (non-hydrogen) atoms. The van der Waals surface area contributed by atoms with Crippen molar-refractivity contribution in [3.05, 3.63) is 63.9 Å². The summed E-state index contributed by atoms with van der Waals surface area (Å²) < 4.78 is 3.32. The van der Waals surface area contributed by atoms with Crippen LogP contribution < -0.4 is 0 Å². The van der Waals surface area contributed by atoms with Gasteiger partial charge in [-0.05, 0) is 36.2 Å². The Labute approximate surface area is 137 Å². The highest BCUT2D eigenvalue weighted by atomic mass is 79.9. The van der Waals surface area contributed by atoms with Gasteiger partial charge >= 0.3 is 0 Å². The van der Waals surface area contributed by atoms with Gasteiger partial charge in [0.2, 0.25) is 0 Å². The van der Waals surface area contributed by atoms with Crippen molar-refractivity contribution >= 4 is 38.6 Å². The number of nitrogens with zero attached hydrogens (tertiary/aromatic N) is 2. The lowest BCUT2D eigenvalue weighted by atomic mass is 10.1.